The van der Waals surface area contributed by atoms with Gasteiger partial charge in [-0.1, -0.05) is 0 Å². The fourth-order valence-corrected chi connectivity index (χ4v) is 1.95. The number of nitrogens with zero attached hydrogens (tertiary/aromatic N) is 3. The second-order valence-electron chi connectivity index (χ2n) is 3.79. The second-order valence-corrected chi connectivity index (χ2v) is 3.79. The molecule has 0 spiro atoms. The lowest BCUT2D eigenvalue weighted by atomic mass is 10.1. The lowest BCUT2D eigenvalue weighted by Crippen LogP contribution is -1.93. The van der Waals surface area contributed by atoms with Gasteiger partial charge in [0.15, 0.2) is 5.65 Å². The van der Waals surface area contributed by atoms with Gasteiger partial charge in [0.25, 0.3) is 0 Å². The van der Waals surface area contributed by atoms with Crippen molar-refractivity contribution >= 4 is 5.65 Å². The van der Waals surface area contributed by atoms with Crippen LogP contribution in [0.3, 0.4) is 0 Å². The number of halogens is 1. The fourth-order valence-electron chi connectivity index (χ4n) is 1.95. The van der Waals surface area contributed by atoms with Crippen LogP contribution in [-0.4, -0.2) is 21.7 Å². The van der Waals surface area contributed by atoms with Gasteiger partial charge in [0, 0.05) is 23.4 Å². The van der Waals surface area contributed by atoms with E-state index >= 15 is 0 Å². The van der Waals surface area contributed by atoms with Gasteiger partial charge in [0.1, 0.15) is 17.9 Å². The monoisotopic (exact) mass is 243 g/mol. The van der Waals surface area contributed by atoms with E-state index in [4.69, 9.17) is 4.74 Å². The fraction of sp³-hybridized carbons (Fsp3) is 0.0769. The molecule has 0 fully saturated rings. The zero-order valence-electron chi connectivity index (χ0n) is 9.67. The molecule has 0 N–H and O–H groups in total. The Morgan fingerprint density at radius 3 is 2.94 bits per heavy atom. The first-order valence-electron chi connectivity index (χ1n) is 5.42. The highest BCUT2D eigenvalue weighted by Gasteiger charge is 2.11. The Balaban J connectivity index is 2.29. The smallest absolute Gasteiger partial charge is 0.163 e. The van der Waals surface area contributed by atoms with Gasteiger partial charge in [-0.15, -0.1) is 0 Å². The minimum absolute atomic E-state index is 0.330. The van der Waals surface area contributed by atoms with Gasteiger partial charge in [-0.25, -0.2) is 13.9 Å². The van der Waals surface area contributed by atoms with E-state index in [-0.39, 0.29) is 5.82 Å². The molecule has 18 heavy (non-hydrogen) atoms. The van der Waals surface area contributed by atoms with Crippen LogP contribution < -0.4 is 4.74 Å². The molecule has 1 aromatic carbocycles. The Morgan fingerprint density at radius 1 is 1.22 bits per heavy atom. The Morgan fingerprint density at radius 2 is 2.11 bits per heavy atom. The van der Waals surface area contributed by atoms with Gasteiger partial charge >= 0.3 is 0 Å². The molecule has 0 aliphatic carbocycles. The number of pyridine rings is 1. The molecule has 0 bridgehead atoms. The minimum atomic E-state index is -0.330. The molecule has 0 aliphatic rings. The molecule has 0 saturated carbocycles. The van der Waals surface area contributed by atoms with Crippen LogP contribution in [0.25, 0.3) is 16.8 Å². The zero-order chi connectivity index (χ0) is 12.5. The third-order valence-electron chi connectivity index (χ3n) is 2.76. The summed E-state index contributed by atoms with van der Waals surface area (Å²) in [6.45, 7) is 0. The Kier molecular flexibility index (Phi) is 2.44. The molecule has 0 saturated heterocycles. The molecule has 90 valence electrons. The molecule has 5 heteroatoms. The van der Waals surface area contributed by atoms with Gasteiger partial charge < -0.3 is 4.74 Å². The lowest BCUT2D eigenvalue weighted by molar-refractivity contribution is 0.413. The van der Waals surface area contributed by atoms with Gasteiger partial charge in [-0.2, -0.15) is 5.10 Å². The first-order valence-corrected chi connectivity index (χ1v) is 5.42. The minimum Gasteiger partial charge on any atom is -0.496 e. The van der Waals surface area contributed by atoms with Crippen LogP contribution in [0.15, 0.2) is 42.9 Å². The molecule has 2 heterocycles. The number of fused-ring (bicyclic) bond motifs is 1. The summed E-state index contributed by atoms with van der Waals surface area (Å²) in [6, 6.07) is 8.20. The molecular weight excluding hydrogens is 233 g/mol. The van der Waals surface area contributed by atoms with Crippen molar-refractivity contribution < 1.29 is 9.13 Å². The first kappa shape index (κ1) is 10.7. The average Bonchev–Trinajstić information content (AvgIpc) is 2.86. The summed E-state index contributed by atoms with van der Waals surface area (Å²) in [5.41, 5.74) is 2.35. The van der Waals surface area contributed by atoms with E-state index in [9.17, 15) is 4.39 Å². The highest BCUT2D eigenvalue weighted by molar-refractivity contribution is 5.81. The maximum absolute atomic E-state index is 13.2. The molecule has 0 unspecified atom stereocenters. The summed E-state index contributed by atoms with van der Waals surface area (Å²) in [5, 5.41) is 4.07. The molecule has 2 aromatic heterocycles. The lowest BCUT2D eigenvalue weighted by Gasteiger charge is -2.09. The van der Waals surface area contributed by atoms with Crippen molar-refractivity contribution in [2.24, 2.45) is 0 Å². The van der Waals surface area contributed by atoms with Crippen molar-refractivity contribution in [1.29, 1.82) is 0 Å². The van der Waals surface area contributed by atoms with Crippen molar-refractivity contribution in [2.45, 2.75) is 0 Å². The van der Waals surface area contributed by atoms with Gasteiger partial charge in [-0.3, -0.25) is 0 Å². The van der Waals surface area contributed by atoms with Crippen molar-refractivity contribution in [3.63, 3.8) is 0 Å². The van der Waals surface area contributed by atoms with E-state index < -0.39 is 0 Å². The Bertz CT molecular complexity index is 708. The van der Waals surface area contributed by atoms with Crippen LogP contribution in [0.5, 0.6) is 5.75 Å². The highest BCUT2D eigenvalue weighted by atomic mass is 19.1. The third kappa shape index (κ3) is 1.60. The first-order chi connectivity index (χ1) is 8.79. The van der Waals surface area contributed by atoms with E-state index in [1.54, 1.807) is 10.6 Å². The SMILES string of the molecule is COc1cc(F)ccc1-c1cccn2ncnc12. The number of rotatable bonds is 2. The molecule has 3 rings (SSSR count). The van der Waals surface area contributed by atoms with E-state index in [2.05, 4.69) is 10.1 Å². The Hall–Kier alpha value is -2.43. The van der Waals surface area contributed by atoms with Crippen LogP contribution in [0.2, 0.25) is 0 Å². The van der Waals surface area contributed by atoms with Crippen LogP contribution in [-0.2, 0) is 0 Å². The standard InChI is InChI=1S/C13H10FN3O/c1-18-12-7-9(14)4-5-10(12)11-3-2-6-17-13(11)15-8-16-17/h2-8H,1H3. The number of hydrogen-bond donors (Lipinski definition) is 0. The summed E-state index contributed by atoms with van der Waals surface area (Å²) in [7, 11) is 1.52. The van der Waals surface area contributed by atoms with Crippen LogP contribution in [0.4, 0.5) is 4.39 Å². The third-order valence-corrected chi connectivity index (χ3v) is 2.76. The molecule has 0 aliphatic heterocycles. The summed E-state index contributed by atoms with van der Waals surface area (Å²) in [4.78, 5) is 4.20. The quantitative estimate of drug-likeness (QED) is 0.694. The summed E-state index contributed by atoms with van der Waals surface area (Å²) < 4.78 is 20.1. The van der Waals surface area contributed by atoms with Gasteiger partial charge in [-0.05, 0) is 24.3 Å². The molecule has 0 amide bonds. The Labute approximate surface area is 103 Å². The molecule has 4 nitrogen and oxygen atoms in total. The average molecular weight is 243 g/mol. The molecule has 3 aromatic rings. The van der Waals surface area contributed by atoms with Gasteiger partial charge in [0.05, 0.1) is 7.11 Å². The van der Waals surface area contributed by atoms with Crippen LogP contribution in [0.1, 0.15) is 0 Å². The molecule has 0 radical (unpaired) electrons. The van der Waals surface area contributed by atoms with Crippen molar-refractivity contribution in [3.8, 4) is 16.9 Å². The van der Waals surface area contributed by atoms with E-state index in [1.807, 2.05) is 18.3 Å². The summed E-state index contributed by atoms with van der Waals surface area (Å²) in [5.74, 6) is 0.148. The molecular formula is C13H10FN3O. The topological polar surface area (TPSA) is 39.4 Å². The van der Waals surface area contributed by atoms with Crippen LogP contribution in [0, 0.1) is 5.82 Å². The van der Waals surface area contributed by atoms with Crippen molar-refractivity contribution in [2.75, 3.05) is 7.11 Å². The highest BCUT2D eigenvalue weighted by Crippen LogP contribution is 2.32. The number of aromatic nitrogens is 3. The van der Waals surface area contributed by atoms with Crippen LogP contribution >= 0.6 is 0 Å². The number of hydrogen-bond acceptors (Lipinski definition) is 3. The van der Waals surface area contributed by atoms with Crippen molar-refractivity contribution in [1.82, 2.24) is 14.6 Å². The van der Waals surface area contributed by atoms with Gasteiger partial charge in [0.2, 0.25) is 0 Å². The predicted octanol–water partition coefficient (Wildman–Crippen LogP) is 2.54. The predicted molar refractivity (Wildman–Crippen MR) is 64.9 cm³/mol. The normalized spacial score (nSPS) is 10.8. The second kappa shape index (κ2) is 4.10. The number of methoxy groups -OCH3 is 1. The van der Waals surface area contributed by atoms with E-state index in [1.165, 1.54) is 25.6 Å². The molecule has 0 atom stereocenters. The zero-order valence-corrected chi connectivity index (χ0v) is 9.67. The summed E-state index contributed by atoms with van der Waals surface area (Å²) >= 11 is 0. The van der Waals surface area contributed by atoms with E-state index in [0.29, 0.717) is 11.4 Å². The number of benzene rings is 1. The number of ether oxygens (including phenoxy) is 1. The van der Waals surface area contributed by atoms with E-state index in [0.717, 1.165) is 11.1 Å². The summed E-state index contributed by atoms with van der Waals surface area (Å²) in [6.07, 6.45) is 3.29. The van der Waals surface area contributed by atoms with Crippen molar-refractivity contribution in [3.05, 3.63) is 48.7 Å². The largest absolute Gasteiger partial charge is 0.496 e. The maximum Gasteiger partial charge on any atom is 0.163 e. The maximum atomic E-state index is 13.2.